The van der Waals surface area contributed by atoms with E-state index in [1.165, 1.54) is 11.1 Å². The van der Waals surface area contributed by atoms with Gasteiger partial charge in [0.1, 0.15) is 0 Å². The lowest BCUT2D eigenvalue weighted by atomic mass is 9.97. The first-order chi connectivity index (χ1) is 9.88. The van der Waals surface area contributed by atoms with Gasteiger partial charge >= 0.3 is 0 Å². The topological polar surface area (TPSA) is 55.1 Å². The second-order valence-electron chi connectivity index (χ2n) is 5.75. The standard InChI is InChI=1S/C18H22N2O/c1-11(2)16-8-7-15(9-13(16)4)20-18(21)14-6-5-12(3)17(19)10-14/h5-11H,19H2,1-4H3,(H,20,21). The number of rotatable bonds is 3. The molecule has 3 nitrogen and oxygen atoms in total. The molecule has 0 bridgehead atoms. The van der Waals surface area contributed by atoms with Gasteiger partial charge in [0.15, 0.2) is 0 Å². The van der Waals surface area contributed by atoms with Crippen molar-refractivity contribution in [2.75, 3.05) is 11.1 Å². The van der Waals surface area contributed by atoms with Crippen LogP contribution in [0.15, 0.2) is 36.4 Å². The van der Waals surface area contributed by atoms with Gasteiger partial charge in [-0.2, -0.15) is 0 Å². The smallest absolute Gasteiger partial charge is 0.255 e. The minimum absolute atomic E-state index is 0.140. The fourth-order valence-electron chi connectivity index (χ4n) is 2.39. The van der Waals surface area contributed by atoms with E-state index in [1.807, 2.05) is 25.1 Å². The van der Waals surface area contributed by atoms with Crippen LogP contribution >= 0.6 is 0 Å². The molecule has 0 atom stereocenters. The number of hydrogen-bond donors (Lipinski definition) is 2. The molecule has 0 aliphatic carbocycles. The molecular formula is C18H22N2O. The normalized spacial score (nSPS) is 10.7. The van der Waals surface area contributed by atoms with Gasteiger partial charge in [-0.25, -0.2) is 0 Å². The fourth-order valence-corrected chi connectivity index (χ4v) is 2.39. The Hall–Kier alpha value is -2.29. The van der Waals surface area contributed by atoms with E-state index in [0.29, 0.717) is 17.2 Å². The average Bonchev–Trinajstić information content (AvgIpc) is 2.41. The van der Waals surface area contributed by atoms with Crippen LogP contribution in [0.2, 0.25) is 0 Å². The summed E-state index contributed by atoms with van der Waals surface area (Å²) < 4.78 is 0. The number of hydrogen-bond acceptors (Lipinski definition) is 2. The maximum atomic E-state index is 12.2. The minimum Gasteiger partial charge on any atom is -0.398 e. The molecule has 0 aliphatic rings. The number of aryl methyl sites for hydroxylation is 2. The van der Waals surface area contributed by atoms with Crippen LogP contribution < -0.4 is 11.1 Å². The van der Waals surface area contributed by atoms with Crippen molar-refractivity contribution in [3.63, 3.8) is 0 Å². The molecule has 2 aromatic rings. The van der Waals surface area contributed by atoms with Crippen molar-refractivity contribution in [2.24, 2.45) is 0 Å². The molecule has 2 aromatic carbocycles. The summed E-state index contributed by atoms with van der Waals surface area (Å²) in [6, 6.07) is 11.4. The lowest BCUT2D eigenvalue weighted by Crippen LogP contribution is -2.12. The minimum atomic E-state index is -0.140. The number of nitrogen functional groups attached to an aromatic ring is 1. The first-order valence-electron chi connectivity index (χ1n) is 7.16. The van der Waals surface area contributed by atoms with Gasteiger partial charge < -0.3 is 11.1 Å². The highest BCUT2D eigenvalue weighted by Gasteiger charge is 2.09. The molecule has 0 aliphatic heterocycles. The van der Waals surface area contributed by atoms with Crippen molar-refractivity contribution < 1.29 is 4.79 Å². The van der Waals surface area contributed by atoms with Gasteiger partial charge in [0.25, 0.3) is 5.91 Å². The van der Waals surface area contributed by atoms with Crippen LogP contribution in [0.5, 0.6) is 0 Å². The quantitative estimate of drug-likeness (QED) is 0.826. The van der Waals surface area contributed by atoms with Gasteiger partial charge in [0.05, 0.1) is 0 Å². The van der Waals surface area contributed by atoms with Crippen molar-refractivity contribution in [1.29, 1.82) is 0 Å². The Bertz CT molecular complexity index is 675. The van der Waals surface area contributed by atoms with E-state index in [9.17, 15) is 4.79 Å². The molecule has 3 heteroatoms. The summed E-state index contributed by atoms with van der Waals surface area (Å²) in [5, 5.41) is 2.92. The first kappa shape index (κ1) is 15.1. The number of amides is 1. The second kappa shape index (κ2) is 6.00. The van der Waals surface area contributed by atoms with E-state index in [1.54, 1.807) is 12.1 Å². The van der Waals surface area contributed by atoms with Crippen LogP contribution in [0.1, 0.15) is 46.8 Å². The van der Waals surface area contributed by atoms with Crippen molar-refractivity contribution in [3.05, 3.63) is 58.7 Å². The zero-order valence-corrected chi connectivity index (χ0v) is 13.0. The summed E-state index contributed by atoms with van der Waals surface area (Å²) in [5.41, 5.74) is 11.3. The molecule has 0 radical (unpaired) electrons. The average molecular weight is 282 g/mol. The number of carbonyl (C=O) groups is 1. The van der Waals surface area contributed by atoms with Crippen LogP contribution in [0.4, 0.5) is 11.4 Å². The van der Waals surface area contributed by atoms with E-state index in [2.05, 4.69) is 32.2 Å². The maximum absolute atomic E-state index is 12.2. The number of anilines is 2. The number of carbonyl (C=O) groups excluding carboxylic acids is 1. The summed E-state index contributed by atoms with van der Waals surface area (Å²) in [5.74, 6) is 0.338. The Morgan fingerprint density at radius 2 is 1.76 bits per heavy atom. The fraction of sp³-hybridized carbons (Fsp3) is 0.278. The summed E-state index contributed by atoms with van der Waals surface area (Å²) in [6.45, 7) is 8.31. The maximum Gasteiger partial charge on any atom is 0.255 e. The summed E-state index contributed by atoms with van der Waals surface area (Å²) in [4.78, 5) is 12.2. The van der Waals surface area contributed by atoms with Crippen molar-refractivity contribution in [1.82, 2.24) is 0 Å². The molecule has 3 N–H and O–H groups in total. The third-order valence-corrected chi connectivity index (χ3v) is 3.69. The van der Waals surface area contributed by atoms with Crippen LogP contribution in [-0.4, -0.2) is 5.91 Å². The van der Waals surface area contributed by atoms with Crippen LogP contribution in [0.25, 0.3) is 0 Å². The summed E-state index contributed by atoms with van der Waals surface area (Å²) >= 11 is 0. The molecule has 1 amide bonds. The van der Waals surface area contributed by atoms with E-state index >= 15 is 0 Å². The molecule has 2 rings (SSSR count). The van der Waals surface area contributed by atoms with Crippen molar-refractivity contribution in [2.45, 2.75) is 33.6 Å². The molecule has 0 heterocycles. The molecule has 21 heavy (non-hydrogen) atoms. The van der Waals surface area contributed by atoms with Crippen molar-refractivity contribution in [3.8, 4) is 0 Å². The molecule has 0 aromatic heterocycles. The van der Waals surface area contributed by atoms with Crippen molar-refractivity contribution >= 4 is 17.3 Å². The van der Waals surface area contributed by atoms with E-state index in [0.717, 1.165) is 11.3 Å². The second-order valence-corrected chi connectivity index (χ2v) is 5.75. The lowest BCUT2D eigenvalue weighted by molar-refractivity contribution is 0.102. The van der Waals surface area contributed by atoms with Crippen LogP contribution in [-0.2, 0) is 0 Å². The third-order valence-electron chi connectivity index (χ3n) is 3.69. The predicted molar refractivity (Wildman–Crippen MR) is 88.8 cm³/mol. The molecule has 0 unspecified atom stereocenters. The molecule has 0 fully saturated rings. The number of benzene rings is 2. The summed E-state index contributed by atoms with van der Waals surface area (Å²) in [6.07, 6.45) is 0. The Morgan fingerprint density at radius 1 is 1.05 bits per heavy atom. The molecular weight excluding hydrogens is 260 g/mol. The molecule has 0 saturated heterocycles. The van der Waals surface area contributed by atoms with E-state index in [-0.39, 0.29) is 5.91 Å². The zero-order chi connectivity index (χ0) is 15.6. The highest BCUT2D eigenvalue weighted by Crippen LogP contribution is 2.23. The first-order valence-corrected chi connectivity index (χ1v) is 7.16. The zero-order valence-electron chi connectivity index (χ0n) is 13.0. The van der Waals surface area contributed by atoms with E-state index < -0.39 is 0 Å². The molecule has 0 spiro atoms. The monoisotopic (exact) mass is 282 g/mol. The Kier molecular flexibility index (Phi) is 4.32. The molecule has 0 saturated carbocycles. The van der Waals surface area contributed by atoms with Gasteiger partial charge in [-0.05, 0) is 60.7 Å². The SMILES string of the molecule is Cc1ccc(C(=O)Nc2ccc(C(C)C)c(C)c2)cc1N. The van der Waals surface area contributed by atoms with Crippen LogP contribution in [0.3, 0.4) is 0 Å². The highest BCUT2D eigenvalue weighted by atomic mass is 16.1. The number of nitrogens with one attached hydrogen (secondary N) is 1. The number of nitrogens with two attached hydrogens (primary N) is 1. The van der Waals surface area contributed by atoms with Gasteiger partial charge in [-0.1, -0.05) is 26.0 Å². The third kappa shape index (κ3) is 3.43. The summed E-state index contributed by atoms with van der Waals surface area (Å²) in [7, 11) is 0. The van der Waals surface area contributed by atoms with Gasteiger partial charge in [0, 0.05) is 16.9 Å². The van der Waals surface area contributed by atoms with Gasteiger partial charge in [-0.15, -0.1) is 0 Å². The largest absolute Gasteiger partial charge is 0.398 e. The van der Waals surface area contributed by atoms with Gasteiger partial charge in [0.2, 0.25) is 0 Å². The molecule has 110 valence electrons. The van der Waals surface area contributed by atoms with Gasteiger partial charge in [-0.3, -0.25) is 4.79 Å². The Balaban J connectivity index is 2.19. The highest BCUT2D eigenvalue weighted by molar-refractivity contribution is 6.04. The Morgan fingerprint density at radius 3 is 2.33 bits per heavy atom. The predicted octanol–water partition coefficient (Wildman–Crippen LogP) is 4.26. The van der Waals surface area contributed by atoms with Crippen LogP contribution in [0, 0.1) is 13.8 Å². The Labute approximate surface area is 126 Å². The lowest BCUT2D eigenvalue weighted by Gasteiger charge is -2.12. The van der Waals surface area contributed by atoms with E-state index in [4.69, 9.17) is 5.73 Å².